The summed E-state index contributed by atoms with van der Waals surface area (Å²) in [5.41, 5.74) is 1.86. The summed E-state index contributed by atoms with van der Waals surface area (Å²) in [6.07, 6.45) is 1.62. The number of aryl methyl sites for hydroxylation is 2. The maximum Gasteiger partial charge on any atom is 0.332 e. The first-order valence-corrected chi connectivity index (χ1v) is 5.55. The van der Waals surface area contributed by atoms with Gasteiger partial charge in [0.05, 0.1) is 12.1 Å². The zero-order valence-corrected chi connectivity index (χ0v) is 10.3. The van der Waals surface area contributed by atoms with Crippen LogP contribution in [0.2, 0.25) is 0 Å². The summed E-state index contributed by atoms with van der Waals surface area (Å²) in [6.45, 7) is 1.82. The Hall–Kier alpha value is -2.30. The Balaban J connectivity index is 2.64. The Kier molecular flexibility index (Phi) is 3.06. The number of para-hydroxylation sites is 1. The summed E-state index contributed by atoms with van der Waals surface area (Å²) in [4.78, 5) is 22.8. The van der Waals surface area contributed by atoms with E-state index in [1.165, 1.54) is 9.13 Å². The number of hydrogen-bond acceptors (Lipinski definition) is 2. The molecule has 0 aliphatic heterocycles. The number of hydrogen-bond donors (Lipinski definition) is 1. The fraction of sp³-hybridized carbons (Fsp3) is 0.231. The first-order chi connectivity index (χ1) is 8.50. The second-order valence-electron chi connectivity index (χ2n) is 4.20. The third kappa shape index (κ3) is 2.07. The van der Waals surface area contributed by atoms with Crippen molar-refractivity contribution in [2.24, 2.45) is 7.05 Å². The van der Waals surface area contributed by atoms with E-state index < -0.39 is 5.97 Å². The number of benzene rings is 1. The zero-order valence-electron chi connectivity index (χ0n) is 10.3. The van der Waals surface area contributed by atoms with Crippen molar-refractivity contribution in [3.05, 3.63) is 52.2 Å². The molecule has 0 fully saturated rings. The molecular weight excluding hydrogens is 232 g/mol. The predicted octanol–water partition coefficient (Wildman–Crippen LogP) is 1.11. The van der Waals surface area contributed by atoms with E-state index in [9.17, 15) is 9.59 Å². The van der Waals surface area contributed by atoms with Crippen LogP contribution in [0, 0.1) is 6.92 Å². The maximum absolute atomic E-state index is 12.0. The van der Waals surface area contributed by atoms with Crippen molar-refractivity contribution < 1.29 is 9.90 Å². The van der Waals surface area contributed by atoms with Gasteiger partial charge in [0.1, 0.15) is 0 Å². The highest BCUT2D eigenvalue weighted by molar-refractivity contribution is 5.72. The number of carboxylic acid groups (broad SMARTS) is 1. The van der Waals surface area contributed by atoms with Gasteiger partial charge in [-0.1, -0.05) is 18.2 Å². The number of carboxylic acids is 1. The van der Waals surface area contributed by atoms with Crippen molar-refractivity contribution in [2.75, 3.05) is 0 Å². The lowest BCUT2D eigenvalue weighted by molar-refractivity contribution is -0.136. The number of nitrogens with zero attached hydrogens (tertiary/aromatic N) is 2. The Morgan fingerprint density at radius 3 is 2.56 bits per heavy atom. The minimum absolute atomic E-state index is 0.100. The highest BCUT2D eigenvalue weighted by Crippen LogP contribution is 2.15. The fourth-order valence-corrected chi connectivity index (χ4v) is 2.04. The highest BCUT2D eigenvalue weighted by atomic mass is 16.4. The summed E-state index contributed by atoms with van der Waals surface area (Å²) < 4.78 is 3.01. The molecule has 0 radical (unpaired) electrons. The van der Waals surface area contributed by atoms with Crippen LogP contribution in [-0.2, 0) is 18.3 Å². The van der Waals surface area contributed by atoms with E-state index in [1.54, 1.807) is 37.5 Å². The normalized spacial score (nSPS) is 10.6. The summed E-state index contributed by atoms with van der Waals surface area (Å²) >= 11 is 0. The number of aromatic nitrogens is 2. The minimum atomic E-state index is -0.913. The van der Waals surface area contributed by atoms with Crippen molar-refractivity contribution in [2.45, 2.75) is 13.3 Å². The van der Waals surface area contributed by atoms with E-state index in [0.717, 1.165) is 5.69 Å². The molecule has 1 heterocycles. The first-order valence-electron chi connectivity index (χ1n) is 5.55. The topological polar surface area (TPSA) is 64.2 Å². The van der Waals surface area contributed by atoms with Crippen LogP contribution < -0.4 is 5.69 Å². The third-order valence-corrected chi connectivity index (χ3v) is 2.80. The van der Waals surface area contributed by atoms with E-state index in [2.05, 4.69) is 0 Å². The van der Waals surface area contributed by atoms with Gasteiger partial charge < -0.3 is 9.67 Å². The van der Waals surface area contributed by atoms with Crippen molar-refractivity contribution in [3.63, 3.8) is 0 Å². The lowest BCUT2D eigenvalue weighted by Gasteiger charge is -2.09. The summed E-state index contributed by atoms with van der Waals surface area (Å²) in [7, 11) is 1.67. The van der Waals surface area contributed by atoms with E-state index in [-0.39, 0.29) is 12.1 Å². The molecule has 5 heteroatoms. The van der Waals surface area contributed by atoms with Gasteiger partial charge in [0, 0.05) is 18.9 Å². The van der Waals surface area contributed by atoms with E-state index in [0.29, 0.717) is 11.3 Å². The molecule has 2 rings (SSSR count). The Bertz CT molecular complexity index is 652. The van der Waals surface area contributed by atoms with Crippen LogP contribution in [0.5, 0.6) is 0 Å². The van der Waals surface area contributed by atoms with Crippen molar-refractivity contribution in [1.82, 2.24) is 9.13 Å². The molecule has 0 spiro atoms. The SMILES string of the molecule is Cc1cn(C)c(=O)n1-c1ccccc1CC(=O)O. The summed E-state index contributed by atoms with van der Waals surface area (Å²) in [6, 6.07) is 7.04. The predicted molar refractivity (Wildman–Crippen MR) is 67.1 cm³/mol. The summed E-state index contributed by atoms with van der Waals surface area (Å²) in [5, 5.41) is 8.89. The van der Waals surface area contributed by atoms with Crippen molar-refractivity contribution >= 4 is 5.97 Å². The number of rotatable bonds is 3. The molecular formula is C13H14N2O3. The van der Waals surface area contributed by atoms with Gasteiger partial charge in [-0.05, 0) is 18.6 Å². The lowest BCUT2D eigenvalue weighted by atomic mass is 10.1. The van der Waals surface area contributed by atoms with Gasteiger partial charge in [0.25, 0.3) is 0 Å². The van der Waals surface area contributed by atoms with E-state index in [1.807, 2.05) is 6.92 Å². The number of carbonyl (C=O) groups is 1. The second kappa shape index (κ2) is 4.52. The van der Waals surface area contributed by atoms with Gasteiger partial charge >= 0.3 is 11.7 Å². The maximum atomic E-state index is 12.0. The van der Waals surface area contributed by atoms with Gasteiger partial charge in [-0.15, -0.1) is 0 Å². The average molecular weight is 246 g/mol. The standard InChI is InChI=1S/C13H14N2O3/c1-9-8-14(2)13(18)15(9)11-6-4-3-5-10(11)7-12(16)17/h3-6,8H,7H2,1-2H3,(H,16,17). The van der Waals surface area contributed by atoms with E-state index >= 15 is 0 Å². The Morgan fingerprint density at radius 1 is 1.33 bits per heavy atom. The van der Waals surface area contributed by atoms with Crippen LogP contribution in [0.15, 0.2) is 35.3 Å². The molecule has 0 amide bonds. The largest absolute Gasteiger partial charge is 0.481 e. The van der Waals surface area contributed by atoms with Gasteiger partial charge in [-0.3, -0.25) is 9.36 Å². The monoisotopic (exact) mass is 246 g/mol. The molecule has 5 nitrogen and oxygen atoms in total. The lowest BCUT2D eigenvalue weighted by Crippen LogP contribution is -2.22. The van der Waals surface area contributed by atoms with Gasteiger partial charge in [0.2, 0.25) is 0 Å². The fourth-order valence-electron chi connectivity index (χ4n) is 2.04. The van der Waals surface area contributed by atoms with Crippen molar-refractivity contribution in [3.8, 4) is 5.69 Å². The van der Waals surface area contributed by atoms with Crippen LogP contribution >= 0.6 is 0 Å². The molecule has 1 aromatic carbocycles. The molecule has 0 saturated carbocycles. The second-order valence-corrected chi connectivity index (χ2v) is 4.20. The molecule has 1 N–H and O–H groups in total. The van der Waals surface area contributed by atoms with Crippen LogP contribution in [0.25, 0.3) is 5.69 Å². The van der Waals surface area contributed by atoms with Crippen LogP contribution in [0.4, 0.5) is 0 Å². The molecule has 0 unspecified atom stereocenters. The molecule has 0 aliphatic rings. The molecule has 0 atom stereocenters. The number of imidazole rings is 1. The molecule has 0 bridgehead atoms. The van der Waals surface area contributed by atoms with Crippen LogP contribution in [0.1, 0.15) is 11.3 Å². The molecule has 0 saturated heterocycles. The molecule has 94 valence electrons. The quantitative estimate of drug-likeness (QED) is 0.882. The molecule has 0 aliphatic carbocycles. The zero-order chi connectivity index (χ0) is 13.3. The summed E-state index contributed by atoms with van der Waals surface area (Å²) in [5.74, 6) is -0.913. The molecule has 18 heavy (non-hydrogen) atoms. The molecule has 2 aromatic rings. The van der Waals surface area contributed by atoms with E-state index in [4.69, 9.17) is 5.11 Å². The average Bonchev–Trinajstić information content (AvgIpc) is 2.54. The molecule has 1 aromatic heterocycles. The minimum Gasteiger partial charge on any atom is -0.481 e. The highest BCUT2D eigenvalue weighted by Gasteiger charge is 2.13. The Morgan fingerprint density at radius 2 is 2.00 bits per heavy atom. The van der Waals surface area contributed by atoms with Gasteiger partial charge in [-0.25, -0.2) is 4.79 Å². The van der Waals surface area contributed by atoms with Crippen LogP contribution in [0.3, 0.4) is 0 Å². The van der Waals surface area contributed by atoms with Gasteiger partial charge in [0.15, 0.2) is 0 Å². The first kappa shape index (κ1) is 12.2. The van der Waals surface area contributed by atoms with Crippen molar-refractivity contribution in [1.29, 1.82) is 0 Å². The number of aliphatic carboxylic acids is 1. The van der Waals surface area contributed by atoms with Gasteiger partial charge in [-0.2, -0.15) is 0 Å². The Labute approximate surface area is 104 Å². The smallest absolute Gasteiger partial charge is 0.332 e. The third-order valence-electron chi connectivity index (χ3n) is 2.80. The van der Waals surface area contributed by atoms with Crippen LogP contribution in [-0.4, -0.2) is 20.2 Å².